The third kappa shape index (κ3) is 5.74. The van der Waals surface area contributed by atoms with Crippen LogP contribution in [0.1, 0.15) is 43.2 Å². The number of amides is 1. The highest BCUT2D eigenvalue weighted by Gasteiger charge is 2.08. The molecule has 1 aromatic heterocycles. The first kappa shape index (κ1) is 18.7. The number of ether oxygens (including phenoxy) is 1. The Morgan fingerprint density at radius 2 is 1.96 bits per heavy atom. The van der Waals surface area contributed by atoms with Crippen LogP contribution < -0.4 is 10.1 Å². The minimum Gasteiger partial charge on any atom is -0.484 e. The van der Waals surface area contributed by atoms with Crippen molar-refractivity contribution in [2.24, 2.45) is 5.92 Å². The molecule has 0 saturated carbocycles. The second-order valence-corrected chi connectivity index (χ2v) is 6.30. The highest BCUT2D eigenvalue weighted by molar-refractivity contribution is 5.95. The van der Waals surface area contributed by atoms with Crippen molar-refractivity contribution in [1.82, 2.24) is 14.9 Å². The number of carbonyl (C=O) groups is 2. The number of ketones is 1. The second-order valence-electron chi connectivity index (χ2n) is 6.30. The second kappa shape index (κ2) is 9.01. The normalized spacial score (nSPS) is 10.7. The Morgan fingerprint density at radius 1 is 1.24 bits per heavy atom. The SMILES string of the molecule is CCC(=O)c1ccc(OCC(=O)NCc2cncn2CC(C)C)cc1. The molecule has 134 valence electrons. The number of rotatable bonds is 9. The smallest absolute Gasteiger partial charge is 0.258 e. The average Bonchev–Trinajstić information content (AvgIpc) is 3.04. The van der Waals surface area contributed by atoms with E-state index < -0.39 is 0 Å². The molecule has 2 aromatic rings. The molecule has 1 heterocycles. The minimum absolute atomic E-state index is 0.0701. The predicted molar refractivity (Wildman–Crippen MR) is 95.5 cm³/mol. The quantitative estimate of drug-likeness (QED) is 0.711. The largest absolute Gasteiger partial charge is 0.484 e. The van der Waals surface area contributed by atoms with Gasteiger partial charge in [-0.05, 0) is 30.2 Å². The molecular formula is C19H25N3O3. The molecule has 0 bridgehead atoms. The van der Waals surface area contributed by atoms with Crippen LogP contribution in [0.2, 0.25) is 0 Å². The van der Waals surface area contributed by atoms with E-state index in [1.165, 1.54) is 0 Å². The number of imidazole rings is 1. The Morgan fingerprint density at radius 3 is 2.60 bits per heavy atom. The zero-order chi connectivity index (χ0) is 18.2. The molecule has 0 fully saturated rings. The number of hydrogen-bond acceptors (Lipinski definition) is 4. The van der Waals surface area contributed by atoms with Crippen LogP contribution in [-0.4, -0.2) is 27.8 Å². The maximum atomic E-state index is 11.9. The number of nitrogens with one attached hydrogen (secondary N) is 1. The molecule has 2 rings (SSSR count). The first-order valence-electron chi connectivity index (χ1n) is 8.51. The Labute approximate surface area is 148 Å². The van der Waals surface area contributed by atoms with E-state index in [1.54, 1.807) is 36.8 Å². The van der Waals surface area contributed by atoms with Gasteiger partial charge in [0.2, 0.25) is 0 Å². The lowest BCUT2D eigenvalue weighted by atomic mass is 10.1. The van der Waals surface area contributed by atoms with E-state index in [2.05, 4.69) is 24.1 Å². The van der Waals surface area contributed by atoms with Crippen molar-refractivity contribution in [1.29, 1.82) is 0 Å². The summed E-state index contributed by atoms with van der Waals surface area (Å²) in [6.45, 7) is 7.30. The molecule has 6 nitrogen and oxygen atoms in total. The van der Waals surface area contributed by atoms with E-state index in [1.807, 2.05) is 11.5 Å². The van der Waals surface area contributed by atoms with Crippen LogP contribution in [0.5, 0.6) is 5.75 Å². The molecule has 0 aliphatic rings. The van der Waals surface area contributed by atoms with E-state index in [0.29, 0.717) is 30.2 Å². The molecule has 25 heavy (non-hydrogen) atoms. The van der Waals surface area contributed by atoms with E-state index in [4.69, 9.17) is 4.74 Å². The van der Waals surface area contributed by atoms with Gasteiger partial charge in [-0.3, -0.25) is 9.59 Å². The first-order valence-corrected chi connectivity index (χ1v) is 8.51. The van der Waals surface area contributed by atoms with Crippen LogP contribution in [0.3, 0.4) is 0 Å². The third-order valence-electron chi connectivity index (χ3n) is 3.69. The molecule has 0 unspecified atom stereocenters. The lowest BCUT2D eigenvalue weighted by molar-refractivity contribution is -0.123. The van der Waals surface area contributed by atoms with Gasteiger partial charge in [0.25, 0.3) is 5.91 Å². The monoisotopic (exact) mass is 343 g/mol. The highest BCUT2D eigenvalue weighted by Crippen LogP contribution is 2.13. The summed E-state index contributed by atoms with van der Waals surface area (Å²) in [6, 6.07) is 6.83. The zero-order valence-corrected chi connectivity index (χ0v) is 15.0. The number of benzene rings is 1. The number of aromatic nitrogens is 2. The van der Waals surface area contributed by atoms with Gasteiger partial charge in [-0.1, -0.05) is 20.8 Å². The summed E-state index contributed by atoms with van der Waals surface area (Å²) in [5.41, 5.74) is 1.61. The van der Waals surface area contributed by atoms with Gasteiger partial charge in [0.05, 0.1) is 18.6 Å². The van der Waals surface area contributed by atoms with Gasteiger partial charge in [0, 0.05) is 24.7 Å². The molecule has 1 amide bonds. The standard InChI is InChI=1S/C19H25N3O3/c1-4-18(23)15-5-7-17(8-6-15)25-12-19(24)21-10-16-9-20-13-22(16)11-14(2)3/h5-9,13-14H,4,10-12H2,1-3H3,(H,21,24). The summed E-state index contributed by atoms with van der Waals surface area (Å²) < 4.78 is 7.49. The van der Waals surface area contributed by atoms with Crippen LogP contribution in [0.25, 0.3) is 0 Å². The summed E-state index contributed by atoms with van der Waals surface area (Å²) in [5, 5.41) is 2.83. The Kier molecular flexibility index (Phi) is 6.74. The first-order chi connectivity index (χ1) is 12.0. The average molecular weight is 343 g/mol. The van der Waals surface area contributed by atoms with E-state index in [-0.39, 0.29) is 18.3 Å². The summed E-state index contributed by atoms with van der Waals surface area (Å²) in [6.07, 6.45) is 4.00. The Bertz CT molecular complexity index is 705. The van der Waals surface area contributed by atoms with Gasteiger partial charge in [0.15, 0.2) is 12.4 Å². The summed E-state index contributed by atoms with van der Waals surface area (Å²) in [7, 11) is 0. The molecule has 1 aromatic carbocycles. The molecule has 0 radical (unpaired) electrons. The minimum atomic E-state index is -0.203. The summed E-state index contributed by atoms with van der Waals surface area (Å²) >= 11 is 0. The Balaban J connectivity index is 1.79. The predicted octanol–water partition coefficient (Wildman–Crippen LogP) is 2.83. The lowest BCUT2D eigenvalue weighted by Crippen LogP contribution is -2.29. The number of carbonyl (C=O) groups excluding carboxylic acids is 2. The van der Waals surface area contributed by atoms with Gasteiger partial charge in [0.1, 0.15) is 5.75 Å². The van der Waals surface area contributed by atoms with E-state index >= 15 is 0 Å². The fourth-order valence-corrected chi connectivity index (χ4v) is 2.38. The fraction of sp³-hybridized carbons (Fsp3) is 0.421. The highest BCUT2D eigenvalue weighted by atomic mass is 16.5. The molecule has 0 aliphatic carbocycles. The molecule has 0 saturated heterocycles. The van der Waals surface area contributed by atoms with Crippen molar-refractivity contribution in [3.8, 4) is 5.75 Å². The topological polar surface area (TPSA) is 73.2 Å². The van der Waals surface area contributed by atoms with Crippen molar-refractivity contribution < 1.29 is 14.3 Å². The zero-order valence-electron chi connectivity index (χ0n) is 15.0. The van der Waals surface area contributed by atoms with Crippen molar-refractivity contribution in [3.63, 3.8) is 0 Å². The van der Waals surface area contributed by atoms with Gasteiger partial charge in [-0.15, -0.1) is 0 Å². The molecular weight excluding hydrogens is 318 g/mol. The van der Waals surface area contributed by atoms with E-state index in [9.17, 15) is 9.59 Å². The Hall–Kier alpha value is -2.63. The van der Waals surface area contributed by atoms with Crippen LogP contribution in [0.4, 0.5) is 0 Å². The van der Waals surface area contributed by atoms with Crippen LogP contribution in [-0.2, 0) is 17.9 Å². The maximum Gasteiger partial charge on any atom is 0.258 e. The van der Waals surface area contributed by atoms with Crippen LogP contribution in [0, 0.1) is 5.92 Å². The van der Waals surface area contributed by atoms with Gasteiger partial charge in [-0.25, -0.2) is 4.98 Å². The molecule has 1 N–H and O–H groups in total. The van der Waals surface area contributed by atoms with Gasteiger partial charge in [-0.2, -0.15) is 0 Å². The summed E-state index contributed by atoms with van der Waals surface area (Å²) in [5.74, 6) is 0.954. The fourth-order valence-electron chi connectivity index (χ4n) is 2.38. The molecule has 6 heteroatoms. The van der Waals surface area contributed by atoms with Crippen molar-refractivity contribution in [2.45, 2.75) is 40.3 Å². The van der Waals surface area contributed by atoms with Crippen molar-refractivity contribution in [2.75, 3.05) is 6.61 Å². The summed E-state index contributed by atoms with van der Waals surface area (Å²) in [4.78, 5) is 27.6. The van der Waals surface area contributed by atoms with Crippen molar-refractivity contribution >= 4 is 11.7 Å². The third-order valence-corrected chi connectivity index (χ3v) is 3.69. The molecule has 0 aliphatic heterocycles. The van der Waals surface area contributed by atoms with Gasteiger partial charge < -0.3 is 14.6 Å². The van der Waals surface area contributed by atoms with Gasteiger partial charge >= 0.3 is 0 Å². The number of Topliss-reactive ketones (excluding diaryl/α,β-unsaturated/α-hetero) is 1. The molecule has 0 spiro atoms. The maximum absolute atomic E-state index is 11.9. The number of hydrogen-bond donors (Lipinski definition) is 1. The van der Waals surface area contributed by atoms with Crippen LogP contribution >= 0.6 is 0 Å². The number of nitrogens with zero attached hydrogens (tertiary/aromatic N) is 2. The van der Waals surface area contributed by atoms with Crippen molar-refractivity contribution in [3.05, 3.63) is 48.0 Å². The molecule has 0 atom stereocenters. The van der Waals surface area contributed by atoms with E-state index in [0.717, 1.165) is 12.2 Å². The lowest BCUT2D eigenvalue weighted by Gasteiger charge is -2.11. The van der Waals surface area contributed by atoms with Crippen LogP contribution in [0.15, 0.2) is 36.8 Å².